The molecule has 0 radical (unpaired) electrons. The van der Waals surface area contributed by atoms with Gasteiger partial charge in [0, 0.05) is 0 Å². The van der Waals surface area contributed by atoms with Crippen molar-refractivity contribution in [2.24, 2.45) is 51.8 Å². The molecule has 2 rings (SSSR count). The van der Waals surface area contributed by atoms with E-state index in [1.165, 1.54) is 44.9 Å². The summed E-state index contributed by atoms with van der Waals surface area (Å²) in [5.74, 6) is 5.51. The molecule has 0 unspecified atom stereocenters. The second-order valence-electron chi connectivity index (χ2n) is 14.6. The Morgan fingerprint density at radius 1 is 0.594 bits per heavy atom. The maximum atomic E-state index is 2.42. The zero-order valence-electron chi connectivity index (χ0n) is 25.9. The lowest BCUT2D eigenvalue weighted by Gasteiger charge is -2.43. The van der Waals surface area contributed by atoms with Gasteiger partial charge in [0.05, 0.1) is 0 Å². The number of hydrogen-bond donors (Lipinski definition) is 0. The molecule has 0 aromatic carbocycles. The van der Waals surface area contributed by atoms with Gasteiger partial charge >= 0.3 is 0 Å². The van der Waals surface area contributed by atoms with Crippen LogP contribution >= 0.6 is 0 Å². The van der Waals surface area contributed by atoms with Crippen molar-refractivity contribution >= 4 is 0 Å². The summed E-state index contributed by atoms with van der Waals surface area (Å²) < 4.78 is 0. The molecule has 2 saturated carbocycles. The van der Waals surface area contributed by atoms with Gasteiger partial charge in [0.15, 0.2) is 0 Å². The molecular formula is C32H68. The van der Waals surface area contributed by atoms with Gasteiger partial charge in [-0.25, -0.2) is 0 Å². The minimum atomic E-state index is 0.500. The first-order valence-corrected chi connectivity index (χ1v) is 14.3. The Morgan fingerprint density at radius 3 is 1.00 bits per heavy atom. The Hall–Kier alpha value is 0. The molecule has 0 bridgehead atoms. The molecule has 0 aliphatic heterocycles. The van der Waals surface area contributed by atoms with E-state index in [2.05, 4.69) is 111 Å². The summed E-state index contributed by atoms with van der Waals surface area (Å²) in [6, 6.07) is 0. The fourth-order valence-corrected chi connectivity index (χ4v) is 3.14. The van der Waals surface area contributed by atoms with Gasteiger partial charge in [0.25, 0.3) is 0 Å². The van der Waals surface area contributed by atoms with Crippen LogP contribution in [0.15, 0.2) is 0 Å². The van der Waals surface area contributed by atoms with Crippen LogP contribution in [0.1, 0.15) is 156 Å². The third-order valence-electron chi connectivity index (χ3n) is 9.94. The maximum Gasteiger partial charge on any atom is -0.0303 e. The van der Waals surface area contributed by atoms with Gasteiger partial charge in [-0.1, -0.05) is 143 Å². The first kappa shape index (κ1) is 34.2. The molecule has 0 spiro atoms. The van der Waals surface area contributed by atoms with Gasteiger partial charge in [-0.15, -0.1) is 0 Å². The molecular weight excluding hydrogens is 384 g/mol. The van der Waals surface area contributed by atoms with E-state index in [4.69, 9.17) is 0 Å². The van der Waals surface area contributed by atoms with E-state index in [-0.39, 0.29) is 0 Å². The number of rotatable bonds is 5. The van der Waals surface area contributed by atoms with Crippen LogP contribution < -0.4 is 0 Å². The average Bonchev–Trinajstić information content (AvgIpc) is 2.51. The van der Waals surface area contributed by atoms with Crippen molar-refractivity contribution in [2.45, 2.75) is 156 Å². The molecule has 2 aliphatic rings. The molecule has 196 valence electrons. The van der Waals surface area contributed by atoms with E-state index in [0.717, 1.165) is 35.5 Å². The van der Waals surface area contributed by atoms with Crippen molar-refractivity contribution in [2.75, 3.05) is 0 Å². The Bertz CT molecular complexity index is 433. The van der Waals surface area contributed by atoms with E-state index in [0.29, 0.717) is 16.2 Å². The summed E-state index contributed by atoms with van der Waals surface area (Å²) in [5, 5.41) is 0. The van der Waals surface area contributed by atoms with Crippen LogP contribution in [0.3, 0.4) is 0 Å². The maximum absolute atomic E-state index is 2.42. The van der Waals surface area contributed by atoms with Crippen LogP contribution in [0.4, 0.5) is 0 Å². The summed E-state index contributed by atoms with van der Waals surface area (Å²) in [4.78, 5) is 0. The van der Waals surface area contributed by atoms with Crippen LogP contribution in [0.25, 0.3) is 0 Å². The average molecular weight is 453 g/mol. The molecule has 0 amide bonds. The highest BCUT2D eigenvalue weighted by Crippen LogP contribution is 2.45. The monoisotopic (exact) mass is 453 g/mol. The van der Waals surface area contributed by atoms with Gasteiger partial charge in [0.1, 0.15) is 0 Å². The van der Waals surface area contributed by atoms with Crippen molar-refractivity contribution in [3.05, 3.63) is 0 Å². The van der Waals surface area contributed by atoms with Crippen LogP contribution in [0.2, 0.25) is 0 Å². The van der Waals surface area contributed by atoms with E-state index >= 15 is 0 Å². The lowest BCUT2D eigenvalue weighted by Crippen LogP contribution is -2.33. The standard InChI is InChI=1S/C10H20.C8H18.C7H14.C7H16/c1-8(2)10(3,4)9-6-5-7-9;1-6-8(4,5)7(2)3;1-6(2)7-4-3-5-7;1-6(2)7(3,4)5/h8-9H,5-7H2,1-4H3;7H,6H2,1-5H3;6-7H,3-5H2,1-2H3;6H,1-5H3. The summed E-state index contributed by atoms with van der Waals surface area (Å²) in [5.41, 5.74) is 1.64. The van der Waals surface area contributed by atoms with E-state index < -0.39 is 0 Å². The zero-order chi connectivity index (χ0) is 25.9. The lowest BCUT2D eigenvalue weighted by atomic mass is 9.62. The summed E-state index contributed by atoms with van der Waals surface area (Å²) in [6.45, 7) is 36.9. The van der Waals surface area contributed by atoms with Crippen LogP contribution in [0.5, 0.6) is 0 Å². The third-order valence-corrected chi connectivity index (χ3v) is 9.94. The highest BCUT2D eigenvalue weighted by atomic mass is 14.4. The van der Waals surface area contributed by atoms with Gasteiger partial charge in [-0.3, -0.25) is 0 Å². The van der Waals surface area contributed by atoms with Crippen molar-refractivity contribution in [1.82, 2.24) is 0 Å². The fraction of sp³-hybridized carbons (Fsp3) is 1.00. The highest BCUT2D eigenvalue weighted by molar-refractivity contribution is 4.86. The Kier molecular flexibility index (Phi) is 16.1. The highest BCUT2D eigenvalue weighted by Gasteiger charge is 2.35. The molecule has 2 aliphatic carbocycles. The molecule has 0 nitrogen and oxygen atoms in total. The zero-order valence-corrected chi connectivity index (χ0v) is 25.9. The molecule has 0 atom stereocenters. The van der Waals surface area contributed by atoms with Crippen LogP contribution in [0, 0.1) is 51.8 Å². The fourth-order valence-electron chi connectivity index (χ4n) is 3.14. The van der Waals surface area contributed by atoms with Crippen LogP contribution in [-0.2, 0) is 0 Å². The van der Waals surface area contributed by atoms with E-state index in [1.807, 2.05) is 0 Å². The SMILES string of the molecule is CC(C)C(C)(C)C.CC(C)C(C)(C)C1CCC1.CC(C)C1CCC1.CCC(C)(C)C(C)C. The van der Waals surface area contributed by atoms with Gasteiger partial charge in [-0.2, -0.15) is 0 Å². The van der Waals surface area contributed by atoms with Crippen molar-refractivity contribution in [3.63, 3.8) is 0 Å². The Morgan fingerprint density at radius 2 is 0.969 bits per heavy atom. The molecule has 0 heteroatoms. The van der Waals surface area contributed by atoms with Gasteiger partial charge in [-0.05, 0) is 64.6 Å². The molecule has 0 saturated heterocycles. The minimum absolute atomic E-state index is 0.500. The predicted octanol–water partition coefficient (Wildman–Crippen LogP) is 11.7. The molecule has 0 aromatic heterocycles. The first-order valence-electron chi connectivity index (χ1n) is 14.3. The third kappa shape index (κ3) is 13.6. The summed E-state index contributed by atoms with van der Waals surface area (Å²) in [6.07, 6.45) is 10.2. The second kappa shape index (κ2) is 15.1. The number of hydrogen-bond acceptors (Lipinski definition) is 0. The lowest BCUT2D eigenvalue weighted by molar-refractivity contribution is 0.0715. The van der Waals surface area contributed by atoms with E-state index in [9.17, 15) is 0 Å². The van der Waals surface area contributed by atoms with Gasteiger partial charge < -0.3 is 0 Å². The molecule has 2 fully saturated rings. The summed E-state index contributed by atoms with van der Waals surface area (Å²) >= 11 is 0. The quantitative estimate of drug-likeness (QED) is 0.389. The Balaban J connectivity index is 0. The van der Waals surface area contributed by atoms with Crippen molar-refractivity contribution < 1.29 is 0 Å². The van der Waals surface area contributed by atoms with Crippen LogP contribution in [-0.4, -0.2) is 0 Å². The normalized spacial score (nSPS) is 17.6. The first-order chi connectivity index (χ1) is 14.3. The smallest absolute Gasteiger partial charge is 0.0303 e. The minimum Gasteiger partial charge on any atom is -0.0649 e. The molecule has 0 heterocycles. The molecule has 0 aromatic rings. The second-order valence-corrected chi connectivity index (χ2v) is 14.6. The summed E-state index contributed by atoms with van der Waals surface area (Å²) in [7, 11) is 0. The molecule has 0 N–H and O–H groups in total. The van der Waals surface area contributed by atoms with Crippen molar-refractivity contribution in [1.29, 1.82) is 0 Å². The molecule has 32 heavy (non-hydrogen) atoms. The van der Waals surface area contributed by atoms with Crippen molar-refractivity contribution in [3.8, 4) is 0 Å². The van der Waals surface area contributed by atoms with E-state index in [1.54, 1.807) is 0 Å². The largest absolute Gasteiger partial charge is 0.0649 e. The Labute approximate surface area is 207 Å². The predicted molar refractivity (Wildman–Crippen MR) is 151 cm³/mol. The van der Waals surface area contributed by atoms with Gasteiger partial charge in [0.2, 0.25) is 0 Å². The topological polar surface area (TPSA) is 0 Å².